The number of aromatic nitrogens is 2. The van der Waals surface area contributed by atoms with E-state index < -0.39 is 5.60 Å². The summed E-state index contributed by atoms with van der Waals surface area (Å²) in [5, 5.41) is 10.9. The van der Waals surface area contributed by atoms with E-state index in [1.54, 1.807) is 49.8 Å². The second kappa shape index (κ2) is 7.80. The molecule has 7 heteroatoms. The second-order valence-corrected chi connectivity index (χ2v) is 6.75. The van der Waals surface area contributed by atoms with Gasteiger partial charge in [0.1, 0.15) is 11.4 Å². The highest BCUT2D eigenvalue weighted by atomic mass is 16.5. The molecule has 1 aliphatic heterocycles. The first-order chi connectivity index (χ1) is 12.5. The minimum Gasteiger partial charge on any atom is -0.386 e. The number of carbonyl (C=O) groups excluding carboxylic acids is 1. The highest BCUT2D eigenvalue weighted by Crippen LogP contribution is 2.26. The molecule has 2 aromatic rings. The summed E-state index contributed by atoms with van der Waals surface area (Å²) < 4.78 is 5.08. The number of amides is 1. The van der Waals surface area contributed by atoms with Crippen molar-refractivity contribution in [3.8, 4) is 0 Å². The first kappa shape index (κ1) is 18.3. The van der Waals surface area contributed by atoms with Gasteiger partial charge in [-0.2, -0.15) is 0 Å². The molecule has 1 aromatic carbocycles. The quantitative estimate of drug-likeness (QED) is 0.841. The molecule has 1 N–H and O–H groups in total. The minimum atomic E-state index is -0.960. The molecule has 0 radical (unpaired) electrons. The van der Waals surface area contributed by atoms with Gasteiger partial charge in [0.25, 0.3) is 5.91 Å². The van der Waals surface area contributed by atoms with Gasteiger partial charge in [0.2, 0.25) is 0 Å². The molecule has 1 aliphatic rings. The fraction of sp³-hybridized carbons (Fsp3) is 0.421. The third-order valence-corrected chi connectivity index (χ3v) is 4.60. The maximum Gasteiger partial charge on any atom is 0.253 e. The number of aliphatic hydroxyl groups is 1. The average molecular weight is 356 g/mol. The predicted octanol–water partition coefficient (Wildman–Crippen LogP) is 1.34. The number of β-amino-alcohol motifs (C(OH)–C–C–N with tert-alkyl or cyclic N) is 1. The first-order valence-electron chi connectivity index (χ1n) is 8.57. The average Bonchev–Trinajstić information content (AvgIpc) is 3.04. The number of hydrogen-bond donors (Lipinski definition) is 1. The molecule has 0 spiro atoms. The fourth-order valence-corrected chi connectivity index (χ4v) is 3.28. The SMILES string of the molecule is COCc1ccc(C(=O)N(C)CC2(O)CCN(c3cnccn3)C2)cc1. The molecule has 1 saturated heterocycles. The Morgan fingerprint density at radius 1 is 1.35 bits per heavy atom. The van der Waals surface area contributed by atoms with E-state index >= 15 is 0 Å². The molecule has 26 heavy (non-hydrogen) atoms. The number of benzene rings is 1. The van der Waals surface area contributed by atoms with Gasteiger partial charge in [-0.3, -0.25) is 9.78 Å². The van der Waals surface area contributed by atoms with E-state index in [0.29, 0.717) is 31.7 Å². The molecule has 3 rings (SSSR count). The van der Waals surface area contributed by atoms with Crippen LogP contribution < -0.4 is 4.90 Å². The monoisotopic (exact) mass is 356 g/mol. The largest absolute Gasteiger partial charge is 0.386 e. The van der Waals surface area contributed by atoms with Crippen LogP contribution in [0.15, 0.2) is 42.9 Å². The molecule has 7 nitrogen and oxygen atoms in total. The lowest BCUT2D eigenvalue weighted by Crippen LogP contribution is -2.45. The lowest BCUT2D eigenvalue weighted by Gasteiger charge is -2.29. The van der Waals surface area contributed by atoms with Crippen molar-refractivity contribution in [1.29, 1.82) is 0 Å². The molecule has 1 aromatic heterocycles. The fourth-order valence-electron chi connectivity index (χ4n) is 3.28. The Kier molecular flexibility index (Phi) is 5.49. The lowest BCUT2D eigenvalue weighted by atomic mass is 10.0. The molecule has 0 bridgehead atoms. The molecular weight excluding hydrogens is 332 g/mol. The summed E-state index contributed by atoms with van der Waals surface area (Å²) in [5.74, 6) is 0.631. The summed E-state index contributed by atoms with van der Waals surface area (Å²) in [4.78, 5) is 24.5. The number of ether oxygens (including phenoxy) is 1. The third kappa shape index (κ3) is 4.17. The number of rotatable bonds is 6. The van der Waals surface area contributed by atoms with Crippen LogP contribution in [0, 0.1) is 0 Å². The molecule has 1 fully saturated rings. The van der Waals surface area contributed by atoms with Crippen molar-refractivity contribution in [2.24, 2.45) is 0 Å². The van der Waals surface area contributed by atoms with Crippen LogP contribution in [0.4, 0.5) is 5.82 Å². The van der Waals surface area contributed by atoms with Crippen LogP contribution in [0.3, 0.4) is 0 Å². The van der Waals surface area contributed by atoms with E-state index in [-0.39, 0.29) is 12.5 Å². The normalized spacial score (nSPS) is 19.6. The Bertz CT molecular complexity index is 738. The number of likely N-dealkylation sites (N-methyl/N-ethyl adjacent to an activating group) is 1. The maximum atomic E-state index is 12.6. The zero-order valence-corrected chi connectivity index (χ0v) is 15.1. The number of anilines is 1. The second-order valence-electron chi connectivity index (χ2n) is 6.75. The van der Waals surface area contributed by atoms with Gasteiger partial charge in [0, 0.05) is 45.2 Å². The minimum absolute atomic E-state index is 0.111. The molecule has 138 valence electrons. The van der Waals surface area contributed by atoms with Gasteiger partial charge in [-0.1, -0.05) is 12.1 Å². The Hall–Kier alpha value is -2.51. The molecule has 1 atom stereocenters. The smallest absolute Gasteiger partial charge is 0.253 e. The van der Waals surface area contributed by atoms with Crippen LogP contribution in [0.25, 0.3) is 0 Å². The molecule has 2 heterocycles. The van der Waals surface area contributed by atoms with Crippen LogP contribution >= 0.6 is 0 Å². The number of carbonyl (C=O) groups is 1. The Balaban J connectivity index is 1.61. The van der Waals surface area contributed by atoms with Crippen molar-refractivity contribution in [1.82, 2.24) is 14.9 Å². The first-order valence-corrected chi connectivity index (χ1v) is 8.57. The number of hydrogen-bond acceptors (Lipinski definition) is 6. The predicted molar refractivity (Wildman–Crippen MR) is 97.9 cm³/mol. The van der Waals surface area contributed by atoms with Crippen LogP contribution in [-0.4, -0.2) is 65.3 Å². The molecule has 1 unspecified atom stereocenters. The van der Waals surface area contributed by atoms with Gasteiger partial charge < -0.3 is 19.6 Å². The zero-order chi connectivity index (χ0) is 18.6. The highest BCUT2D eigenvalue weighted by molar-refractivity contribution is 5.94. The van der Waals surface area contributed by atoms with E-state index in [4.69, 9.17) is 4.74 Å². The topological polar surface area (TPSA) is 78.8 Å². The van der Waals surface area contributed by atoms with E-state index in [0.717, 1.165) is 11.4 Å². The van der Waals surface area contributed by atoms with Crippen molar-refractivity contribution >= 4 is 11.7 Å². The van der Waals surface area contributed by atoms with Crippen molar-refractivity contribution in [2.45, 2.75) is 18.6 Å². The van der Waals surface area contributed by atoms with Gasteiger partial charge in [-0.15, -0.1) is 0 Å². The lowest BCUT2D eigenvalue weighted by molar-refractivity contribution is 0.0264. The van der Waals surface area contributed by atoms with Gasteiger partial charge >= 0.3 is 0 Å². The summed E-state index contributed by atoms with van der Waals surface area (Å²) in [5.41, 5.74) is 0.651. The number of methoxy groups -OCH3 is 1. The van der Waals surface area contributed by atoms with Crippen molar-refractivity contribution in [2.75, 3.05) is 38.7 Å². The van der Waals surface area contributed by atoms with Gasteiger partial charge in [0.05, 0.1) is 19.3 Å². The van der Waals surface area contributed by atoms with Gasteiger partial charge in [-0.25, -0.2) is 4.98 Å². The Morgan fingerprint density at radius 2 is 2.12 bits per heavy atom. The van der Waals surface area contributed by atoms with Gasteiger partial charge in [-0.05, 0) is 24.1 Å². The summed E-state index contributed by atoms with van der Waals surface area (Å²) in [6.07, 6.45) is 5.52. The maximum absolute atomic E-state index is 12.6. The summed E-state index contributed by atoms with van der Waals surface area (Å²) in [6.45, 7) is 1.89. The summed E-state index contributed by atoms with van der Waals surface area (Å²) in [6, 6.07) is 7.34. The van der Waals surface area contributed by atoms with E-state index in [1.807, 2.05) is 17.0 Å². The summed E-state index contributed by atoms with van der Waals surface area (Å²) in [7, 11) is 3.35. The zero-order valence-electron chi connectivity index (χ0n) is 15.1. The Labute approximate surface area is 153 Å². The van der Waals surface area contributed by atoms with E-state index in [1.165, 1.54) is 0 Å². The Morgan fingerprint density at radius 3 is 2.77 bits per heavy atom. The van der Waals surface area contributed by atoms with Crippen LogP contribution in [0.2, 0.25) is 0 Å². The number of nitrogens with zero attached hydrogens (tertiary/aromatic N) is 4. The van der Waals surface area contributed by atoms with Crippen molar-refractivity contribution < 1.29 is 14.6 Å². The van der Waals surface area contributed by atoms with Crippen molar-refractivity contribution in [3.05, 3.63) is 54.0 Å². The van der Waals surface area contributed by atoms with Crippen LogP contribution in [-0.2, 0) is 11.3 Å². The highest BCUT2D eigenvalue weighted by Gasteiger charge is 2.38. The van der Waals surface area contributed by atoms with Crippen LogP contribution in [0.1, 0.15) is 22.3 Å². The third-order valence-electron chi connectivity index (χ3n) is 4.60. The van der Waals surface area contributed by atoms with Gasteiger partial charge in [0.15, 0.2) is 0 Å². The molecule has 0 saturated carbocycles. The molecular formula is C19H24N4O3. The van der Waals surface area contributed by atoms with Crippen molar-refractivity contribution in [3.63, 3.8) is 0 Å². The van der Waals surface area contributed by atoms with Crippen LogP contribution in [0.5, 0.6) is 0 Å². The standard InChI is InChI=1S/C19H24N4O3/c1-22(18(24)16-5-3-15(4-6-16)12-26-2)13-19(25)7-10-23(14-19)17-11-20-8-9-21-17/h3-6,8-9,11,25H,7,10,12-14H2,1-2H3. The molecule has 1 amide bonds. The van der Waals surface area contributed by atoms with E-state index in [9.17, 15) is 9.90 Å². The van der Waals surface area contributed by atoms with E-state index in [2.05, 4.69) is 9.97 Å². The summed E-state index contributed by atoms with van der Waals surface area (Å²) >= 11 is 0. The molecule has 0 aliphatic carbocycles.